The number of anilines is 1. The highest BCUT2D eigenvalue weighted by Gasteiger charge is 2.26. The lowest BCUT2D eigenvalue weighted by Crippen LogP contribution is -2.39. The van der Waals surface area contributed by atoms with Gasteiger partial charge in [-0.15, -0.1) is 0 Å². The Kier molecular flexibility index (Phi) is 9.72. The second kappa shape index (κ2) is 12.0. The van der Waals surface area contributed by atoms with Crippen LogP contribution in [0, 0.1) is 11.8 Å². The molecule has 2 rings (SSSR count). The smallest absolute Gasteiger partial charge is 0.255 e. The normalized spacial score (nSPS) is 18.8. The van der Waals surface area contributed by atoms with Crippen molar-refractivity contribution in [1.29, 1.82) is 0 Å². The highest BCUT2D eigenvalue weighted by molar-refractivity contribution is 6.33. The van der Waals surface area contributed by atoms with Crippen LogP contribution in [-0.4, -0.2) is 56.5 Å². The first-order chi connectivity index (χ1) is 14.4. The average Bonchev–Trinajstić information content (AvgIpc) is 2.76. The standard InChI is InChI=1S/C22H35ClN4O3/c1-4-27(5-2)11-10-25-21(28)16-8-6-15(7-9-16)14-26-22(29)17-12-18(23)19(24)13-20(17)30-3/h12-13,15-16H,4-11,14,24H2,1-3H3,(H,25,28)(H,26,29). The van der Waals surface area contributed by atoms with Gasteiger partial charge in [-0.1, -0.05) is 25.4 Å². The van der Waals surface area contributed by atoms with E-state index >= 15 is 0 Å². The van der Waals surface area contributed by atoms with Gasteiger partial charge in [0.25, 0.3) is 5.91 Å². The monoisotopic (exact) mass is 438 g/mol. The fourth-order valence-electron chi connectivity index (χ4n) is 3.90. The fraction of sp³-hybridized carbons (Fsp3) is 0.636. The Bertz CT molecular complexity index is 717. The number of hydrogen-bond acceptors (Lipinski definition) is 5. The molecule has 0 atom stereocenters. The SMILES string of the molecule is CCN(CC)CCNC(=O)C1CCC(CNC(=O)c2cc(Cl)c(N)cc2OC)CC1. The minimum Gasteiger partial charge on any atom is -0.496 e. The van der Waals surface area contributed by atoms with Gasteiger partial charge in [0.05, 0.1) is 23.4 Å². The van der Waals surface area contributed by atoms with Crippen LogP contribution >= 0.6 is 11.6 Å². The van der Waals surface area contributed by atoms with E-state index in [1.165, 1.54) is 13.2 Å². The minimum absolute atomic E-state index is 0.0738. The number of nitrogen functional groups attached to an aromatic ring is 1. The quantitative estimate of drug-likeness (QED) is 0.488. The molecule has 1 aromatic rings. The highest BCUT2D eigenvalue weighted by atomic mass is 35.5. The van der Waals surface area contributed by atoms with Crippen LogP contribution < -0.4 is 21.1 Å². The van der Waals surface area contributed by atoms with Gasteiger partial charge in [-0.2, -0.15) is 0 Å². The topological polar surface area (TPSA) is 96.7 Å². The predicted octanol–water partition coefficient (Wildman–Crippen LogP) is 2.93. The molecule has 0 spiro atoms. The molecule has 4 N–H and O–H groups in total. The van der Waals surface area contributed by atoms with E-state index in [-0.39, 0.29) is 17.7 Å². The van der Waals surface area contributed by atoms with E-state index < -0.39 is 0 Å². The zero-order chi connectivity index (χ0) is 22.1. The first kappa shape index (κ1) is 24.3. The van der Waals surface area contributed by atoms with E-state index in [1.54, 1.807) is 6.07 Å². The van der Waals surface area contributed by atoms with Gasteiger partial charge >= 0.3 is 0 Å². The summed E-state index contributed by atoms with van der Waals surface area (Å²) in [5.74, 6) is 0.768. The Morgan fingerprint density at radius 1 is 1.17 bits per heavy atom. The van der Waals surface area contributed by atoms with Gasteiger partial charge in [0.15, 0.2) is 0 Å². The van der Waals surface area contributed by atoms with Gasteiger partial charge in [0.1, 0.15) is 5.75 Å². The molecule has 2 amide bonds. The molecule has 0 unspecified atom stereocenters. The lowest BCUT2D eigenvalue weighted by molar-refractivity contribution is -0.126. The predicted molar refractivity (Wildman–Crippen MR) is 121 cm³/mol. The molecule has 1 aliphatic rings. The Hall–Kier alpha value is -1.99. The average molecular weight is 439 g/mol. The van der Waals surface area contributed by atoms with Gasteiger partial charge in [0, 0.05) is 31.6 Å². The molecule has 168 valence electrons. The van der Waals surface area contributed by atoms with E-state index in [1.807, 2.05) is 0 Å². The summed E-state index contributed by atoms with van der Waals surface area (Å²) >= 11 is 6.05. The Morgan fingerprint density at radius 2 is 1.83 bits per heavy atom. The molecule has 0 bridgehead atoms. The van der Waals surface area contributed by atoms with Crippen molar-refractivity contribution >= 4 is 29.1 Å². The van der Waals surface area contributed by atoms with Crippen LogP contribution in [0.15, 0.2) is 12.1 Å². The molecule has 0 heterocycles. The van der Waals surface area contributed by atoms with Crippen molar-refractivity contribution in [3.05, 3.63) is 22.7 Å². The zero-order valence-electron chi connectivity index (χ0n) is 18.3. The number of benzene rings is 1. The first-order valence-electron chi connectivity index (χ1n) is 10.8. The van der Waals surface area contributed by atoms with Crippen LogP contribution in [0.3, 0.4) is 0 Å². The number of ether oxygens (including phenoxy) is 1. The van der Waals surface area contributed by atoms with Crippen molar-refractivity contribution in [3.8, 4) is 5.75 Å². The number of rotatable bonds is 10. The number of carbonyl (C=O) groups is 2. The molecule has 0 aliphatic heterocycles. The van der Waals surface area contributed by atoms with Gasteiger partial charge in [0.2, 0.25) is 5.91 Å². The summed E-state index contributed by atoms with van der Waals surface area (Å²) in [5.41, 5.74) is 6.52. The third-order valence-electron chi connectivity index (χ3n) is 5.95. The minimum atomic E-state index is -0.231. The number of carbonyl (C=O) groups excluding carboxylic acids is 2. The molecular weight excluding hydrogens is 404 g/mol. The number of nitrogens with one attached hydrogen (secondary N) is 2. The maximum atomic E-state index is 12.6. The molecule has 0 radical (unpaired) electrons. The number of amides is 2. The lowest BCUT2D eigenvalue weighted by atomic mass is 9.81. The zero-order valence-corrected chi connectivity index (χ0v) is 19.1. The number of methoxy groups -OCH3 is 1. The van der Waals surface area contributed by atoms with Crippen molar-refractivity contribution in [1.82, 2.24) is 15.5 Å². The van der Waals surface area contributed by atoms with Gasteiger partial charge in [-0.3, -0.25) is 9.59 Å². The summed E-state index contributed by atoms with van der Waals surface area (Å²) in [6, 6.07) is 3.09. The van der Waals surface area contributed by atoms with Crippen LogP contribution in [0.4, 0.5) is 5.69 Å². The number of likely N-dealkylation sites (N-methyl/N-ethyl adjacent to an activating group) is 1. The second-order valence-electron chi connectivity index (χ2n) is 7.82. The van der Waals surface area contributed by atoms with Crippen molar-refractivity contribution in [2.75, 3.05) is 45.6 Å². The first-order valence-corrected chi connectivity index (χ1v) is 11.2. The van der Waals surface area contributed by atoms with Gasteiger partial charge in [-0.05, 0) is 50.8 Å². The van der Waals surface area contributed by atoms with Crippen LogP contribution in [-0.2, 0) is 4.79 Å². The maximum Gasteiger partial charge on any atom is 0.255 e. The van der Waals surface area contributed by atoms with Crippen molar-refractivity contribution in [3.63, 3.8) is 0 Å². The highest BCUT2D eigenvalue weighted by Crippen LogP contribution is 2.30. The van der Waals surface area contributed by atoms with Crippen LogP contribution in [0.1, 0.15) is 49.9 Å². The Labute approximate surface area is 184 Å². The molecule has 1 saturated carbocycles. The summed E-state index contributed by atoms with van der Waals surface area (Å²) in [5, 5.41) is 6.37. The summed E-state index contributed by atoms with van der Waals surface area (Å²) < 4.78 is 5.25. The van der Waals surface area contributed by atoms with Crippen LogP contribution in [0.5, 0.6) is 5.75 Å². The molecular formula is C22H35ClN4O3. The van der Waals surface area contributed by atoms with E-state index in [0.717, 1.165) is 45.3 Å². The van der Waals surface area contributed by atoms with Gasteiger partial charge in [-0.25, -0.2) is 0 Å². The van der Waals surface area contributed by atoms with Crippen LogP contribution in [0.25, 0.3) is 0 Å². The molecule has 30 heavy (non-hydrogen) atoms. The molecule has 7 nitrogen and oxygen atoms in total. The van der Waals surface area contributed by atoms with Crippen molar-refractivity contribution in [2.45, 2.75) is 39.5 Å². The summed E-state index contributed by atoms with van der Waals surface area (Å²) in [4.78, 5) is 27.3. The summed E-state index contributed by atoms with van der Waals surface area (Å²) in [6.45, 7) is 8.41. The Balaban J connectivity index is 1.75. The third-order valence-corrected chi connectivity index (χ3v) is 6.28. The summed E-state index contributed by atoms with van der Waals surface area (Å²) in [7, 11) is 1.49. The number of halogens is 1. The van der Waals surface area contributed by atoms with Crippen LogP contribution in [0.2, 0.25) is 5.02 Å². The van der Waals surface area contributed by atoms with E-state index in [9.17, 15) is 9.59 Å². The molecule has 1 aromatic carbocycles. The number of nitrogens with zero attached hydrogens (tertiary/aromatic N) is 1. The fourth-order valence-corrected chi connectivity index (χ4v) is 4.06. The third kappa shape index (κ3) is 6.77. The van der Waals surface area contributed by atoms with Crippen molar-refractivity contribution in [2.24, 2.45) is 11.8 Å². The van der Waals surface area contributed by atoms with Gasteiger partial charge < -0.3 is 26.0 Å². The number of nitrogens with two attached hydrogens (primary N) is 1. The summed E-state index contributed by atoms with van der Waals surface area (Å²) in [6.07, 6.45) is 3.56. The second-order valence-corrected chi connectivity index (χ2v) is 8.23. The largest absolute Gasteiger partial charge is 0.496 e. The van der Waals surface area contributed by atoms with E-state index in [0.29, 0.717) is 41.0 Å². The molecule has 1 aliphatic carbocycles. The Morgan fingerprint density at radius 3 is 2.43 bits per heavy atom. The molecule has 0 aromatic heterocycles. The van der Waals surface area contributed by atoms with Crippen molar-refractivity contribution < 1.29 is 14.3 Å². The molecule has 1 fully saturated rings. The van der Waals surface area contributed by atoms with E-state index in [4.69, 9.17) is 22.1 Å². The number of hydrogen-bond donors (Lipinski definition) is 3. The van der Waals surface area contributed by atoms with E-state index in [2.05, 4.69) is 29.4 Å². The lowest BCUT2D eigenvalue weighted by Gasteiger charge is -2.28. The molecule has 8 heteroatoms. The maximum absolute atomic E-state index is 12.6. The molecule has 0 saturated heterocycles.